The quantitative estimate of drug-likeness (QED) is 0.0984. The van der Waals surface area contributed by atoms with Crippen molar-refractivity contribution in [1.82, 2.24) is 0 Å². The highest BCUT2D eigenvalue weighted by Gasteiger charge is 2.32. The van der Waals surface area contributed by atoms with Crippen molar-refractivity contribution in [3.63, 3.8) is 0 Å². The number of carbonyl (C=O) groups excluding carboxylic acids is 3. The molecule has 3 aromatic rings. The monoisotopic (exact) mass is 602 g/mol. The van der Waals surface area contributed by atoms with Gasteiger partial charge in [0, 0.05) is 12.0 Å². The van der Waals surface area contributed by atoms with Crippen molar-refractivity contribution in [3.8, 4) is 0 Å². The number of esters is 3. The molecule has 6 nitrogen and oxygen atoms in total. The number of ether oxygens (including phenoxy) is 3. The number of carbonyl (C=O) groups is 3. The average molecular weight is 603 g/mol. The summed E-state index contributed by atoms with van der Waals surface area (Å²) in [4.78, 5) is 38.4. The van der Waals surface area contributed by atoms with Crippen molar-refractivity contribution < 1.29 is 28.6 Å². The molecular weight excluding hydrogens is 559 g/mol. The molecule has 0 spiro atoms. The summed E-state index contributed by atoms with van der Waals surface area (Å²) in [5.41, 5.74) is -0.148. The van der Waals surface area contributed by atoms with Gasteiger partial charge in [0.05, 0.1) is 24.2 Å². The van der Waals surface area contributed by atoms with E-state index in [2.05, 4.69) is 24.3 Å². The van der Waals surface area contributed by atoms with Gasteiger partial charge in [-0.15, -0.1) is 0 Å². The van der Waals surface area contributed by atoms with E-state index in [0.717, 1.165) is 15.9 Å². The topological polar surface area (TPSA) is 78.9 Å². The number of allylic oxidation sites excluding steroid dienone is 1. The predicted octanol–water partition coefficient (Wildman–Crippen LogP) is 6.34. The van der Waals surface area contributed by atoms with Crippen LogP contribution in [0.2, 0.25) is 0 Å². The Morgan fingerprint density at radius 3 is 1.91 bits per heavy atom. The molecule has 0 aromatic heterocycles. The first-order valence-electron chi connectivity index (χ1n) is 14.7. The zero-order valence-corrected chi connectivity index (χ0v) is 26.9. The van der Waals surface area contributed by atoms with Gasteiger partial charge in [-0.05, 0) is 69.9 Å². The third kappa shape index (κ3) is 9.90. The summed E-state index contributed by atoms with van der Waals surface area (Å²) in [6.07, 6.45) is 3.01. The van der Waals surface area contributed by atoms with Gasteiger partial charge in [-0.3, -0.25) is 4.79 Å². The SMILES string of the molecule is CCOC(=O)/C=C/C[C@@H](C)[C@H](OC(=O)c1ccccc1P(c1ccccc1)c1ccccc1)[C@H](C)COC(=O)C(C)(C)C. The molecule has 0 fully saturated rings. The van der Waals surface area contributed by atoms with Crippen LogP contribution < -0.4 is 15.9 Å². The Balaban J connectivity index is 1.93. The summed E-state index contributed by atoms with van der Waals surface area (Å²) in [5, 5.41) is 3.15. The van der Waals surface area contributed by atoms with Crippen LogP contribution in [0, 0.1) is 17.3 Å². The number of benzene rings is 3. The van der Waals surface area contributed by atoms with E-state index in [0.29, 0.717) is 18.6 Å². The largest absolute Gasteiger partial charge is 0.465 e. The van der Waals surface area contributed by atoms with Crippen molar-refractivity contribution >= 4 is 41.7 Å². The molecule has 0 saturated heterocycles. The van der Waals surface area contributed by atoms with Crippen LogP contribution in [-0.2, 0) is 23.8 Å². The zero-order valence-electron chi connectivity index (χ0n) is 26.0. The van der Waals surface area contributed by atoms with E-state index in [1.54, 1.807) is 33.8 Å². The third-order valence-electron chi connectivity index (χ3n) is 6.90. The van der Waals surface area contributed by atoms with Crippen LogP contribution in [0.4, 0.5) is 0 Å². The number of hydrogen-bond donors (Lipinski definition) is 0. The fourth-order valence-electron chi connectivity index (χ4n) is 4.62. The minimum absolute atomic E-state index is 0.0996. The van der Waals surface area contributed by atoms with Crippen LogP contribution in [0.3, 0.4) is 0 Å². The normalized spacial score (nSPS) is 13.7. The maximum Gasteiger partial charge on any atom is 0.339 e. The second kappa shape index (κ2) is 16.2. The summed E-state index contributed by atoms with van der Waals surface area (Å²) >= 11 is 0. The molecule has 0 heterocycles. The van der Waals surface area contributed by atoms with Crippen LogP contribution in [0.25, 0.3) is 0 Å². The van der Waals surface area contributed by atoms with E-state index in [1.807, 2.05) is 74.5 Å². The molecule has 0 radical (unpaired) electrons. The Labute approximate surface area is 257 Å². The lowest BCUT2D eigenvalue weighted by Gasteiger charge is -2.30. The van der Waals surface area contributed by atoms with Gasteiger partial charge in [-0.25, -0.2) is 9.59 Å². The zero-order chi connectivity index (χ0) is 31.4. The van der Waals surface area contributed by atoms with Crippen LogP contribution in [0.5, 0.6) is 0 Å². The molecule has 0 bridgehead atoms. The first kappa shape index (κ1) is 33.7. The van der Waals surface area contributed by atoms with Crippen LogP contribution in [-0.4, -0.2) is 37.2 Å². The Bertz CT molecular complexity index is 1320. The number of hydrogen-bond acceptors (Lipinski definition) is 6. The Morgan fingerprint density at radius 1 is 0.791 bits per heavy atom. The molecule has 0 unspecified atom stereocenters. The second-order valence-electron chi connectivity index (χ2n) is 11.6. The molecule has 0 N–H and O–H groups in total. The summed E-state index contributed by atoms with van der Waals surface area (Å²) in [6.45, 7) is 11.4. The van der Waals surface area contributed by atoms with E-state index >= 15 is 0 Å². The lowest BCUT2D eigenvalue weighted by Crippen LogP contribution is -2.36. The fourth-order valence-corrected chi connectivity index (χ4v) is 7.06. The third-order valence-corrected chi connectivity index (χ3v) is 9.40. The average Bonchev–Trinajstić information content (AvgIpc) is 2.99. The highest BCUT2D eigenvalue weighted by atomic mass is 31.1. The van der Waals surface area contributed by atoms with Gasteiger partial charge in [-0.2, -0.15) is 0 Å². The van der Waals surface area contributed by atoms with Gasteiger partial charge in [-0.1, -0.05) is 98.8 Å². The van der Waals surface area contributed by atoms with Crippen molar-refractivity contribution in [1.29, 1.82) is 0 Å². The summed E-state index contributed by atoms with van der Waals surface area (Å²) in [5.74, 6) is -1.64. The Kier molecular flexibility index (Phi) is 12.7. The van der Waals surface area contributed by atoms with Gasteiger partial charge in [0.25, 0.3) is 0 Å². The molecule has 0 aliphatic heterocycles. The van der Waals surface area contributed by atoms with Crippen molar-refractivity contribution in [2.24, 2.45) is 17.3 Å². The molecule has 0 saturated carbocycles. The molecule has 3 rings (SSSR count). The molecule has 0 aliphatic carbocycles. The van der Waals surface area contributed by atoms with Crippen molar-refractivity contribution in [2.75, 3.05) is 13.2 Å². The van der Waals surface area contributed by atoms with Crippen molar-refractivity contribution in [2.45, 2.75) is 54.1 Å². The van der Waals surface area contributed by atoms with Crippen LogP contribution in [0.15, 0.2) is 97.1 Å². The first-order chi connectivity index (χ1) is 20.5. The molecule has 3 aromatic carbocycles. The molecule has 7 heteroatoms. The highest BCUT2D eigenvalue weighted by molar-refractivity contribution is 7.80. The molecule has 43 heavy (non-hydrogen) atoms. The number of rotatable bonds is 13. The summed E-state index contributed by atoms with van der Waals surface area (Å²) in [6, 6.07) is 28.0. The molecular formula is C36H43O6P. The maximum absolute atomic E-state index is 14.0. The van der Waals surface area contributed by atoms with Crippen LogP contribution in [0.1, 0.15) is 58.3 Å². The Hall–Kier alpha value is -3.76. The summed E-state index contributed by atoms with van der Waals surface area (Å²) in [7, 11) is -1.04. The minimum Gasteiger partial charge on any atom is -0.465 e. The minimum atomic E-state index is -1.04. The second-order valence-corrected chi connectivity index (χ2v) is 13.8. The van der Waals surface area contributed by atoms with E-state index in [9.17, 15) is 14.4 Å². The van der Waals surface area contributed by atoms with Gasteiger partial charge in [0.2, 0.25) is 0 Å². The molecule has 228 valence electrons. The Morgan fingerprint density at radius 2 is 1.35 bits per heavy atom. The van der Waals surface area contributed by atoms with Crippen molar-refractivity contribution in [3.05, 3.63) is 103 Å². The van der Waals surface area contributed by atoms with E-state index in [1.165, 1.54) is 6.08 Å². The summed E-state index contributed by atoms with van der Waals surface area (Å²) < 4.78 is 16.9. The van der Waals surface area contributed by atoms with Gasteiger partial charge in [0.15, 0.2) is 0 Å². The van der Waals surface area contributed by atoms with E-state index < -0.39 is 31.4 Å². The first-order valence-corrected chi connectivity index (χ1v) is 16.1. The predicted molar refractivity (Wildman–Crippen MR) is 173 cm³/mol. The van der Waals surface area contributed by atoms with Gasteiger partial charge in [0.1, 0.15) is 6.10 Å². The van der Waals surface area contributed by atoms with E-state index in [-0.39, 0.29) is 24.4 Å². The molecule has 3 atom stereocenters. The highest BCUT2D eigenvalue weighted by Crippen LogP contribution is 2.34. The smallest absolute Gasteiger partial charge is 0.339 e. The lowest BCUT2D eigenvalue weighted by molar-refractivity contribution is -0.155. The standard InChI is InChI=1S/C36H43O6P/c1-7-40-32(37)24-16-17-26(2)33(27(3)25-41-35(39)36(4,5)6)42-34(38)30-22-14-15-23-31(30)43(28-18-10-8-11-19-28)29-20-12-9-13-21-29/h8-16,18-24,26-27,33H,7,17,25H2,1-6H3/b24-16+/t26-,27-,33+/m1/s1. The van der Waals surface area contributed by atoms with Gasteiger partial charge >= 0.3 is 17.9 Å². The fraction of sp³-hybridized carbons (Fsp3) is 0.361. The molecule has 0 aliphatic rings. The van der Waals surface area contributed by atoms with Gasteiger partial charge < -0.3 is 14.2 Å². The molecule has 0 amide bonds. The lowest BCUT2D eigenvalue weighted by atomic mass is 9.90. The van der Waals surface area contributed by atoms with E-state index in [4.69, 9.17) is 14.2 Å². The maximum atomic E-state index is 14.0. The van der Waals surface area contributed by atoms with Crippen LogP contribution >= 0.6 is 7.92 Å².